The minimum atomic E-state index is -0.769. The zero-order valence-corrected chi connectivity index (χ0v) is 22.6. The van der Waals surface area contributed by atoms with Gasteiger partial charge < -0.3 is 10.6 Å². The Labute approximate surface area is 219 Å². The summed E-state index contributed by atoms with van der Waals surface area (Å²) in [5.74, 6) is -0.908. The molecule has 0 bridgehead atoms. The Morgan fingerprint density at radius 2 is 1.69 bits per heavy atom. The maximum absolute atomic E-state index is 13.0. The van der Waals surface area contributed by atoms with E-state index in [0.717, 1.165) is 16.9 Å². The van der Waals surface area contributed by atoms with Gasteiger partial charge in [-0.3, -0.25) is 24.8 Å². The van der Waals surface area contributed by atoms with Crippen molar-refractivity contribution in [3.63, 3.8) is 0 Å². The molecular weight excluding hydrogens is 494 g/mol. The number of rotatable bonds is 8. The van der Waals surface area contributed by atoms with Crippen LogP contribution in [0.15, 0.2) is 48.5 Å². The van der Waals surface area contributed by atoms with E-state index in [1.807, 2.05) is 26.0 Å². The van der Waals surface area contributed by atoms with Crippen LogP contribution in [0.25, 0.3) is 0 Å². The molecule has 0 radical (unpaired) electrons. The molecular formula is C26H31N5O3S2. The summed E-state index contributed by atoms with van der Waals surface area (Å²) in [4.78, 5) is 38.6. The van der Waals surface area contributed by atoms with Gasteiger partial charge in [0.2, 0.25) is 11.0 Å². The molecule has 3 rings (SSSR count). The Bertz CT molecular complexity index is 1290. The summed E-state index contributed by atoms with van der Waals surface area (Å²) in [7, 11) is 0. The summed E-state index contributed by atoms with van der Waals surface area (Å²) in [5.41, 5.74) is 2.46. The number of benzene rings is 2. The number of nitrogens with zero attached hydrogens (tertiary/aromatic N) is 1. The second-order valence-corrected chi connectivity index (χ2v) is 11.6. The van der Waals surface area contributed by atoms with E-state index in [1.165, 1.54) is 0 Å². The van der Waals surface area contributed by atoms with Gasteiger partial charge in [0.05, 0.1) is 0 Å². The highest BCUT2D eigenvalue weighted by molar-refractivity contribution is 7.73. The average molecular weight is 526 g/mol. The number of hydrogen-bond acceptors (Lipinski definition) is 6. The molecule has 10 heteroatoms. The molecule has 190 valence electrons. The van der Waals surface area contributed by atoms with Crippen molar-refractivity contribution < 1.29 is 14.4 Å². The van der Waals surface area contributed by atoms with Crippen LogP contribution < -0.4 is 16.0 Å². The zero-order valence-electron chi connectivity index (χ0n) is 21.0. The maximum Gasteiger partial charge on any atom is 0.255 e. The van der Waals surface area contributed by atoms with Crippen LogP contribution in [0.3, 0.4) is 0 Å². The highest BCUT2D eigenvalue weighted by Gasteiger charge is 2.24. The fourth-order valence-electron chi connectivity index (χ4n) is 3.48. The lowest BCUT2D eigenvalue weighted by Crippen LogP contribution is -2.44. The number of H-pyrrole nitrogens is 1. The van der Waals surface area contributed by atoms with Crippen molar-refractivity contribution in [3.05, 3.63) is 69.2 Å². The van der Waals surface area contributed by atoms with Crippen molar-refractivity contribution in [2.24, 2.45) is 5.92 Å². The van der Waals surface area contributed by atoms with Gasteiger partial charge >= 0.3 is 0 Å². The molecule has 0 aliphatic carbocycles. The Kier molecular flexibility index (Phi) is 8.75. The molecule has 4 N–H and O–H groups in total. The van der Waals surface area contributed by atoms with Crippen LogP contribution in [0, 0.1) is 9.87 Å². The summed E-state index contributed by atoms with van der Waals surface area (Å²) < 4.78 is 0.443. The number of aromatic nitrogens is 2. The van der Waals surface area contributed by atoms with Crippen molar-refractivity contribution in [3.8, 4) is 0 Å². The Balaban J connectivity index is 1.69. The van der Waals surface area contributed by atoms with Gasteiger partial charge in [-0.2, -0.15) is 0 Å². The van der Waals surface area contributed by atoms with Gasteiger partial charge in [-0.15, -0.1) is 5.10 Å². The van der Waals surface area contributed by atoms with E-state index in [2.05, 4.69) is 46.9 Å². The monoisotopic (exact) mass is 525 g/mol. The van der Waals surface area contributed by atoms with Crippen LogP contribution >= 0.6 is 23.6 Å². The van der Waals surface area contributed by atoms with Crippen LogP contribution in [0.5, 0.6) is 0 Å². The molecule has 8 nitrogen and oxygen atoms in total. The number of aromatic amines is 1. The highest BCUT2D eigenvalue weighted by atomic mass is 32.1. The fraction of sp³-hybridized carbons (Fsp3) is 0.346. The minimum Gasteiger partial charge on any atom is -0.340 e. The standard InChI is InChI=1S/C26H31N5O3S2/c1-15(2)13-20(23(34)29-24-30-31-25(35)36-24)28-22(33)17-7-6-8-19(14-17)27-21(32)16-9-11-18(12-10-16)26(3,4)5/h6-12,14-15,20H,13H2,1-5H3,(H,27,32)(H,28,33)(H,31,35)(H,29,30,34)/t20-/m0/s1. The van der Waals surface area contributed by atoms with Crippen LogP contribution in [-0.4, -0.2) is 34.0 Å². The number of anilines is 2. The van der Waals surface area contributed by atoms with E-state index >= 15 is 0 Å². The third kappa shape index (κ3) is 7.56. The molecule has 3 amide bonds. The van der Waals surface area contributed by atoms with E-state index in [9.17, 15) is 14.4 Å². The SMILES string of the molecule is CC(C)C[C@H](NC(=O)c1cccc(NC(=O)c2ccc(C(C)(C)C)cc2)c1)C(=O)Nc1n[nH]c(=S)s1. The van der Waals surface area contributed by atoms with Gasteiger partial charge in [0.25, 0.3) is 11.8 Å². The van der Waals surface area contributed by atoms with Crippen LogP contribution in [0.1, 0.15) is 67.3 Å². The third-order valence-corrected chi connectivity index (χ3v) is 6.40. The van der Waals surface area contributed by atoms with Crippen molar-refractivity contribution in [1.29, 1.82) is 0 Å². The molecule has 0 fully saturated rings. The second-order valence-electron chi connectivity index (χ2n) is 9.93. The quantitative estimate of drug-likeness (QED) is 0.289. The smallest absolute Gasteiger partial charge is 0.255 e. The van der Waals surface area contributed by atoms with Crippen molar-refractivity contribution >= 4 is 52.1 Å². The predicted molar refractivity (Wildman–Crippen MR) is 146 cm³/mol. The van der Waals surface area contributed by atoms with Crippen molar-refractivity contribution in [1.82, 2.24) is 15.5 Å². The number of amides is 3. The molecule has 0 unspecified atom stereocenters. The number of hydrogen-bond donors (Lipinski definition) is 4. The first-order valence-electron chi connectivity index (χ1n) is 11.6. The van der Waals surface area contributed by atoms with Gasteiger partial charge in [0, 0.05) is 16.8 Å². The average Bonchev–Trinajstić information content (AvgIpc) is 3.22. The topological polar surface area (TPSA) is 116 Å². The number of carbonyl (C=O) groups is 3. The van der Waals surface area contributed by atoms with Crippen molar-refractivity contribution in [2.75, 3.05) is 10.6 Å². The molecule has 0 saturated heterocycles. The molecule has 36 heavy (non-hydrogen) atoms. The number of nitrogens with one attached hydrogen (secondary N) is 4. The molecule has 0 aliphatic heterocycles. The van der Waals surface area contributed by atoms with Crippen LogP contribution in [0.2, 0.25) is 0 Å². The van der Waals surface area contributed by atoms with E-state index in [-0.39, 0.29) is 23.1 Å². The second kappa shape index (κ2) is 11.6. The lowest BCUT2D eigenvalue weighted by molar-refractivity contribution is -0.118. The largest absolute Gasteiger partial charge is 0.340 e. The summed E-state index contributed by atoms with van der Waals surface area (Å²) in [6, 6.07) is 13.3. The fourth-order valence-corrected chi connectivity index (χ4v) is 4.28. The molecule has 1 heterocycles. The Hall–Kier alpha value is -3.37. The van der Waals surface area contributed by atoms with Gasteiger partial charge in [-0.1, -0.05) is 64.2 Å². The molecule has 2 aromatic carbocycles. The van der Waals surface area contributed by atoms with Gasteiger partial charge in [0.15, 0.2) is 3.95 Å². The molecule has 1 atom stereocenters. The zero-order chi connectivity index (χ0) is 26.5. The molecule has 0 saturated carbocycles. The first kappa shape index (κ1) is 27.2. The normalized spacial score (nSPS) is 12.2. The van der Waals surface area contributed by atoms with Gasteiger partial charge in [-0.05, 0) is 65.9 Å². The van der Waals surface area contributed by atoms with E-state index in [1.54, 1.807) is 36.4 Å². The Morgan fingerprint density at radius 3 is 2.28 bits per heavy atom. The highest BCUT2D eigenvalue weighted by Crippen LogP contribution is 2.22. The maximum atomic E-state index is 13.0. The summed E-state index contributed by atoms with van der Waals surface area (Å²) in [6.07, 6.45) is 0.439. The molecule has 3 aromatic rings. The molecule has 1 aromatic heterocycles. The van der Waals surface area contributed by atoms with Crippen molar-refractivity contribution in [2.45, 2.75) is 52.5 Å². The first-order valence-corrected chi connectivity index (χ1v) is 12.8. The van der Waals surface area contributed by atoms with Crippen LogP contribution in [0.4, 0.5) is 10.8 Å². The van der Waals surface area contributed by atoms with Gasteiger partial charge in [-0.25, -0.2) is 0 Å². The predicted octanol–water partition coefficient (Wildman–Crippen LogP) is 5.53. The van der Waals surface area contributed by atoms with E-state index in [0.29, 0.717) is 32.3 Å². The summed E-state index contributed by atoms with van der Waals surface area (Å²) in [6.45, 7) is 10.3. The lowest BCUT2D eigenvalue weighted by Gasteiger charge is -2.20. The van der Waals surface area contributed by atoms with E-state index in [4.69, 9.17) is 12.2 Å². The minimum absolute atomic E-state index is 0.00590. The number of carbonyl (C=O) groups excluding carboxylic acids is 3. The van der Waals surface area contributed by atoms with E-state index < -0.39 is 11.9 Å². The first-order chi connectivity index (χ1) is 16.9. The molecule has 0 aliphatic rings. The Morgan fingerprint density at radius 1 is 1.00 bits per heavy atom. The summed E-state index contributed by atoms with van der Waals surface area (Å²) >= 11 is 6.14. The van der Waals surface area contributed by atoms with Crippen LogP contribution in [-0.2, 0) is 10.2 Å². The lowest BCUT2D eigenvalue weighted by atomic mass is 9.87. The van der Waals surface area contributed by atoms with Gasteiger partial charge in [0.1, 0.15) is 6.04 Å². The molecule has 0 spiro atoms. The third-order valence-electron chi connectivity index (χ3n) is 5.39. The summed E-state index contributed by atoms with van der Waals surface area (Å²) in [5, 5.41) is 15.2.